The molecule has 0 radical (unpaired) electrons. The molecule has 0 saturated carbocycles. The van der Waals surface area contributed by atoms with Gasteiger partial charge in [0.1, 0.15) is 0 Å². The number of unbranched alkanes of at least 4 members (excludes halogenated alkanes) is 22. The van der Waals surface area contributed by atoms with E-state index in [9.17, 15) is 0 Å². The minimum atomic E-state index is -0.433. The molecule has 0 N–H and O–H groups in total. The Morgan fingerprint density at radius 3 is 0.898 bits per heavy atom. The molecule has 0 aliphatic carbocycles. The van der Waals surface area contributed by atoms with Crippen molar-refractivity contribution in [2.24, 2.45) is 0 Å². The van der Waals surface area contributed by atoms with Gasteiger partial charge in [0, 0.05) is 26.4 Å². The van der Waals surface area contributed by atoms with Crippen LogP contribution < -0.4 is 0 Å². The van der Waals surface area contributed by atoms with Gasteiger partial charge in [0.25, 0.3) is 0 Å². The fraction of sp³-hybridized carbons (Fsp3) is 0.923. The standard InChI is InChI=1S/C52H102O7/c1-7-13-19-21-27-37-47-57-51(41-31-25-23-29-39-49(53-43-33-15-9-3)54-44-34-16-10-4)59-52(58-48-38-28-22-20-14-8-2)42-32-26-24-30-40-50(55-45-35-17-11-5)56-46-36-18-12-6/h31-32,41-42,49-52H,7-30,33-40,43-48H2,1-6H3. The first kappa shape index (κ1) is 58.2. The predicted molar refractivity (Wildman–Crippen MR) is 252 cm³/mol. The van der Waals surface area contributed by atoms with Crippen LogP contribution in [0.1, 0.15) is 247 Å². The number of ether oxygens (including phenoxy) is 7. The molecular weight excluding hydrogens is 737 g/mol. The highest BCUT2D eigenvalue weighted by Crippen LogP contribution is 2.16. The molecule has 0 amide bonds. The molecule has 2 atom stereocenters. The van der Waals surface area contributed by atoms with Crippen LogP contribution in [0.3, 0.4) is 0 Å². The minimum Gasteiger partial charge on any atom is -0.353 e. The van der Waals surface area contributed by atoms with Crippen LogP contribution in [0.15, 0.2) is 24.3 Å². The predicted octanol–water partition coefficient (Wildman–Crippen LogP) is 16.1. The maximum atomic E-state index is 6.59. The lowest BCUT2D eigenvalue weighted by Crippen LogP contribution is -2.25. The first-order valence-electron chi connectivity index (χ1n) is 25.8. The monoisotopic (exact) mass is 839 g/mol. The molecule has 0 bridgehead atoms. The van der Waals surface area contributed by atoms with Gasteiger partial charge < -0.3 is 33.2 Å². The molecule has 0 aromatic carbocycles. The van der Waals surface area contributed by atoms with Gasteiger partial charge in [-0.05, 0) is 102 Å². The van der Waals surface area contributed by atoms with Crippen molar-refractivity contribution in [1.29, 1.82) is 0 Å². The average molecular weight is 839 g/mol. The van der Waals surface area contributed by atoms with Crippen LogP contribution in [0, 0.1) is 0 Å². The number of hydrogen-bond donors (Lipinski definition) is 0. The van der Waals surface area contributed by atoms with E-state index in [4.69, 9.17) is 33.2 Å². The third kappa shape index (κ3) is 43.6. The van der Waals surface area contributed by atoms with E-state index in [0.29, 0.717) is 13.2 Å². The summed E-state index contributed by atoms with van der Waals surface area (Å²) < 4.78 is 44.0. The van der Waals surface area contributed by atoms with Crippen molar-refractivity contribution in [2.45, 2.75) is 272 Å². The summed E-state index contributed by atoms with van der Waals surface area (Å²) in [6.07, 6.45) is 44.8. The van der Waals surface area contributed by atoms with E-state index in [-0.39, 0.29) is 12.6 Å². The van der Waals surface area contributed by atoms with Gasteiger partial charge in [0.05, 0.1) is 13.2 Å². The lowest BCUT2D eigenvalue weighted by Gasteiger charge is -2.22. The Morgan fingerprint density at radius 1 is 0.288 bits per heavy atom. The summed E-state index contributed by atoms with van der Waals surface area (Å²) in [5.74, 6) is 0. The smallest absolute Gasteiger partial charge is 0.180 e. The molecule has 0 saturated heterocycles. The summed E-state index contributed by atoms with van der Waals surface area (Å²) in [6.45, 7) is 18.0. The molecule has 0 aromatic heterocycles. The Balaban J connectivity index is 5.38. The van der Waals surface area contributed by atoms with Gasteiger partial charge in [-0.1, -0.05) is 169 Å². The third-order valence-corrected chi connectivity index (χ3v) is 10.7. The first-order valence-corrected chi connectivity index (χ1v) is 25.8. The van der Waals surface area contributed by atoms with E-state index in [1.54, 1.807) is 0 Å². The molecule has 2 unspecified atom stereocenters. The highest BCUT2D eigenvalue weighted by atomic mass is 16.8. The summed E-state index contributed by atoms with van der Waals surface area (Å²) in [5, 5.41) is 0. The molecule has 0 aliphatic rings. The Morgan fingerprint density at radius 2 is 0.559 bits per heavy atom. The molecule has 352 valence electrons. The zero-order valence-electron chi connectivity index (χ0n) is 40.3. The van der Waals surface area contributed by atoms with E-state index in [0.717, 1.165) is 116 Å². The first-order chi connectivity index (χ1) is 29.1. The van der Waals surface area contributed by atoms with Gasteiger partial charge in [-0.2, -0.15) is 0 Å². The molecule has 0 aliphatic heterocycles. The third-order valence-electron chi connectivity index (χ3n) is 10.7. The summed E-state index contributed by atoms with van der Waals surface area (Å²) in [4.78, 5) is 0. The van der Waals surface area contributed by atoms with Crippen LogP contribution in [0.25, 0.3) is 0 Å². The van der Waals surface area contributed by atoms with Gasteiger partial charge in [0.15, 0.2) is 25.2 Å². The quantitative estimate of drug-likeness (QED) is 0.0343. The maximum Gasteiger partial charge on any atom is 0.180 e. The SMILES string of the molecule is CCCCCCCCOC(C=CCCCCC(OCCCCC)OCCCCC)OC(C=CCCCCC(OCCCCC)OCCCCC)OCCCCCCCC. The van der Waals surface area contributed by atoms with Crippen LogP contribution in [0.4, 0.5) is 0 Å². The molecule has 0 aromatic rings. The van der Waals surface area contributed by atoms with Crippen molar-refractivity contribution in [3.63, 3.8) is 0 Å². The Bertz CT molecular complexity index is 746. The molecule has 0 heterocycles. The fourth-order valence-corrected chi connectivity index (χ4v) is 6.83. The Kier molecular flexibility index (Phi) is 49.2. The second-order valence-corrected chi connectivity index (χ2v) is 16.7. The Hall–Kier alpha value is -0.800. The Labute approximate surface area is 368 Å². The molecular formula is C52H102O7. The van der Waals surface area contributed by atoms with Gasteiger partial charge in [0.2, 0.25) is 0 Å². The van der Waals surface area contributed by atoms with Crippen LogP contribution in [-0.4, -0.2) is 64.8 Å². The van der Waals surface area contributed by atoms with Crippen molar-refractivity contribution in [3.05, 3.63) is 24.3 Å². The van der Waals surface area contributed by atoms with Gasteiger partial charge in [-0.25, -0.2) is 0 Å². The zero-order chi connectivity index (χ0) is 43.0. The highest BCUT2D eigenvalue weighted by molar-refractivity contribution is 4.90. The highest BCUT2D eigenvalue weighted by Gasteiger charge is 2.15. The topological polar surface area (TPSA) is 64.6 Å². The van der Waals surface area contributed by atoms with E-state index in [1.165, 1.54) is 116 Å². The summed E-state index contributed by atoms with van der Waals surface area (Å²) >= 11 is 0. The molecule has 0 spiro atoms. The van der Waals surface area contributed by atoms with Crippen LogP contribution in [0.2, 0.25) is 0 Å². The number of hydrogen-bond acceptors (Lipinski definition) is 7. The van der Waals surface area contributed by atoms with E-state index in [2.05, 4.69) is 65.8 Å². The van der Waals surface area contributed by atoms with Crippen LogP contribution in [-0.2, 0) is 33.2 Å². The summed E-state index contributed by atoms with van der Waals surface area (Å²) in [5.41, 5.74) is 0. The second-order valence-electron chi connectivity index (χ2n) is 16.7. The van der Waals surface area contributed by atoms with Crippen molar-refractivity contribution < 1.29 is 33.2 Å². The molecule has 7 heteroatoms. The molecule has 0 fully saturated rings. The second kappa shape index (κ2) is 49.9. The van der Waals surface area contributed by atoms with Crippen molar-refractivity contribution >= 4 is 0 Å². The number of rotatable bonds is 50. The van der Waals surface area contributed by atoms with Gasteiger partial charge in [-0.15, -0.1) is 0 Å². The largest absolute Gasteiger partial charge is 0.353 e. The molecule has 7 nitrogen and oxygen atoms in total. The zero-order valence-corrected chi connectivity index (χ0v) is 40.3. The van der Waals surface area contributed by atoms with E-state index in [1.807, 2.05) is 0 Å². The lowest BCUT2D eigenvalue weighted by molar-refractivity contribution is -0.208. The lowest BCUT2D eigenvalue weighted by atomic mass is 10.1. The fourth-order valence-electron chi connectivity index (χ4n) is 6.83. The average Bonchev–Trinajstić information content (AvgIpc) is 3.24. The van der Waals surface area contributed by atoms with Crippen LogP contribution >= 0.6 is 0 Å². The molecule has 0 rings (SSSR count). The summed E-state index contributed by atoms with van der Waals surface area (Å²) in [6, 6.07) is 0. The van der Waals surface area contributed by atoms with E-state index < -0.39 is 12.6 Å². The minimum absolute atomic E-state index is 0.0880. The maximum absolute atomic E-state index is 6.59. The van der Waals surface area contributed by atoms with Crippen molar-refractivity contribution in [1.82, 2.24) is 0 Å². The molecule has 59 heavy (non-hydrogen) atoms. The van der Waals surface area contributed by atoms with Gasteiger partial charge >= 0.3 is 0 Å². The normalized spacial score (nSPS) is 13.3. The van der Waals surface area contributed by atoms with Crippen molar-refractivity contribution in [2.75, 3.05) is 39.6 Å². The number of allylic oxidation sites excluding steroid dienone is 2. The van der Waals surface area contributed by atoms with Crippen LogP contribution in [0.5, 0.6) is 0 Å². The van der Waals surface area contributed by atoms with Gasteiger partial charge in [-0.3, -0.25) is 0 Å². The van der Waals surface area contributed by atoms with E-state index >= 15 is 0 Å². The van der Waals surface area contributed by atoms with Crippen molar-refractivity contribution in [3.8, 4) is 0 Å². The summed E-state index contributed by atoms with van der Waals surface area (Å²) in [7, 11) is 0.